The van der Waals surface area contributed by atoms with Gasteiger partial charge in [-0.3, -0.25) is 4.79 Å². The molecule has 0 radical (unpaired) electrons. The molecular weight excluding hydrogens is 352 g/mol. The Morgan fingerprint density at radius 1 is 1.29 bits per heavy atom. The Kier molecular flexibility index (Phi) is 4.36. The molecule has 1 fully saturated rings. The van der Waals surface area contributed by atoms with Crippen molar-refractivity contribution in [2.24, 2.45) is 0 Å². The lowest BCUT2D eigenvalue weighted by molar-refractivity contribution is 0.0569. The Balaban J connectivity index is 1.47. The molecule has 5 rings (SSSR count). The quantitative estimate of drug-likeness (QED) is 0.741. The van der Waals surface area contributed by atoms with Crippen molar-refractivity contribution in [2.75, 3.05) is 13.1 Å². The van der Waals surface area contributed by atoms with Gasteiger partial charge in [0.25, 0.3) is 5.91 Å². The number of benzene rings is 1. The number of furan rings is 1. The van der Waals surface area contributed by atoms with Gasteiger partial charge in [-0.25, -0.2) is 9.97 Å². The standard InChI is InChI=1S/C22H24N4O2/c1-14-5-6-19-15(10-14)11-20(28-19)22(27)26-9-3-2-4-18(26)21-24-13-16-12-23-8-7-17(16)25-21/h5-6,10-11,13,18,23H,2-4,7-9,12H2,1H3. The maximum Gasteiger partial charge on any atom is 0.290 e. The highest BCUT2D eigenvalue weighted by molar-refractivity contribution is 5.96. The Hall–Kier alpha value is -2.73. The molecule has 1 saturated heterocycles. The summed E-state index contributed by atoms with van der Waals surface area (Å²) in [6.07, 6.45) is 5.80. The van der Waals surface area contributed by atoms with E-state index in [1.807, 2.05) is 42.3 Å². The molecule has 2 aromatic heterocycles. The van der Waals surface area contributed by atoms with Crippen LogP contribution in [0.1, 0.15) is 58.5 Å². The van der Waals surface area contributed by atoms with E-state index in [0.717, 1.165) is 72.4 Å². The van der Waals surface area contributed by atoms with Gasteiger partial charge in [0, 0.05) is 48.9 Å². The summed E-state index contributed by atoms with van der Waals surface area (Å²) >= 11 is 0. The predicted octanol–water partition coefficient (Wildman–Crippen LogP) is 3.54. The van der Waals surface area contributed by atoms with Crippen LogP contribution >= 0.6 is 0 Å². The van der Waals surface area contributed by atoms with Gasteiger partial charge in [0.15, 0.2) is 11.6 Å². The molecule has 2 aliphatic heterocycles. The van der Waals surface area contributed by atoms with E-state index >= 15 is 0 Å². The summed E-state index contributed by atoms with van der Waals surface area (Å²) in [7, 11) is 0. The minimum absolute atomic E-state index is 0.0680. The summed E-state index contributed by atoms with van der Waals surface area (Å²) in [5.74, 6) is 1.09. The Morgan fingerprint density at radius 3 is 3.14 bits per heavy atom. The highest BCUT2D eigenvalue weighted by Crippen LogP contribution is 2.32. The molecule has 0 spiro atoms. The molecule has 1 aromatic carbocycles. The summed E-state index contributed by atoms with van der Waals surface area (Å²) in [4.78, 5) is 24.7. The molecule has 4 heterocycles. The molecule has 2 aliphatic rings. The molecule has 0 aliphatic carbocycles. The lowest BCUT2D eigenvalue weighted by atomic mass is 10.00. The van der Waals surface area contributed by atoms with Gasteiger partial charge < -0.3 is 14.6 Å². The molecule has 1 unspecified atom stereocenters. The van der Waals surface area contributed by atoms with Crippen LogP contribution in [0.2, 0.25) is 0 Å². The minimum Gasteiger partial charge on any atom is -0.451 e. The molecule has 1 N–H and O–H groups in total. The Morgan fingerprint density at radius 2 is 2.21 bits per heavy atom. The number of carbonyl (C=O) groups excluding carboxylic acids is 1. The van der Waals surface area contributed by atoms with Crippen molar-refractivity contribution in [2.45, 2.75) is 45.2 Å². The zero-order valence-corrected chi connectivity index (χ0v) is 16.1. The maximum atomic E-state index is 13.3. The van der Waals surface area contributed by atoms with Gasteiger partial charge in [0.05, 0.1) is 6.04 Å². The number of hydrogen-bond donors (Lipinski definition) is 1. The summed E-state index contributed by atoms with van der Waals surface area (Å²) < 4.78 is 5.87. The zero-order valence-electron chi connectivity index (χ0n) is 16.1. The van der Waals surface area contributed by atoms with Crippen molar-refractivity contribution in [3.05, 3.63) is 58.9 Å². The first-order valence-electron chi connectivity index (χ1n) is 10.1. The first-order valence-corrected chi connectivity index (χ1v) is 10.1. The number of hydrogen-bond acceptors (Lipinski definition) is 5. The normalized spacial score (nSPS) is 19.6. The van der Waals surface area contributed by atoms with Gasteiger partial charge in [0.1, 0.15) is 5.58 Å². The van der Waals surface area contributed by atoms with Gasteiger partial charge in [-0.2, -0.15) is 0 Å². The van der Waals surface area contributed by atoms with E-state index in [-0.39, 0.29) is 11.9 Å². The number of likely N-dealkylation sites (tertiary alicyclic amines) is 1. The molecule has 6 nitrogen and oxygen atoms in total. The average Bonchev–Trinajstić information content (AvgIpc) is 3.16. The van der Waals surface area contributed by atoms with Crippen molar-refractivity contribution in [1.29, 1.82) is 0 Å². The summed E-state index contributed by atoms with van der Waals surface area (Å²) in [5, 5.41) is 4.32. The fourth-order valence-electron chi connectivity index (χ4n) is 4.26. The van der Waals surface area contributed by atoms with Gasteiger partial charge in [-0.15, -0.1) is 0 Å². The van der Waals surface area contributed by atoms with Crippen LogP contribution in [0.4, 0.5) is 0 Å². The third-order valence-corrected chi connectivity index (χ3v) is 5.77. The number of amides is 1. The average molecular weight is 376 g/mol. The number of carbonyl (C=O) groups is 1. The molecular formula is C22H24N4O2. The van der Waals surface area contributed by atoms with E-state index in [0.29, 0.717) is 12.3 Å². The topological polar surface area (TPSA) is 71.3 Å². The van der Waals surface area contributed by atoms with E-state index in [1.165, 1.54) is 0 Å². The molecule has 1 atom stereocenters. The van der Waals surface area contributed by atoms with Crippen LogP contribution in [0.15, 0.2) is 34.9 Å². The first-order chi connectivity index (χ1) is 13.7. The number of aryl methyl sites for hydroxylation is 1. The van der Waals surface area contributed by atoms with E-state index in [4.69, 9.17) is 9.40 Å². The summed E-state index contributed by atoms with van der Waals surface area (Å²) in [6, 6.07) is 7.74. The molecule has 144 valence electrons. The highest BCUT2D eigenvalue weighted by Gasteiger charge is 2.32. The van der Waals surface area contributed by atoms with Gasteiger partial charge >= 0.3 is 0 Å². The van der Waals surface area contributed by atoms with E-state index in [9.17, 15) is 4.79 Å². The van der Waals surface area contributed by atoms with E-state index < -0.39 is 0 Å². The van der Waals surface area contributed by atoms with Crippen molar-refractivity contribution >= 4 is 16.9 Å². The largest absolute Gasteiger partial charge is 0.451 e. The molecule has 0 bridgehead atoms. The lowest BCUT2D eigenvalue weighted by Gasteiger charge is -2.34. The fraction of sp³-hybridized carbons (Fsp3) is 0.409. The third kappa shape index (κ3) is 3.07. The molecule has 28 heavy (non-hydrogen) atoms. The fourth-order valence-corrected chi connectivity index (χ4v) is 4.26. The van der Waals surface area contributed by atoms with Crippen molar-refractivity contribution in [3.63, 3.8) is 0 Å². The number of piperidine rings is 1. The van der Waals surface area contributed by atoms with Crippen LogP contribution in [0.5, 0.6) is 0 Å². The number of fused-ring (bicyclic) bond motifs is 2. The van der Waals surface area contributed by atoms with Gasteiger partial charge in [-0.1, -0.05) is 11.6 Å². The zero-order chi connectivity index (χ0) is 19.1. The number of nitrogens with zero attached hydrogens (tertiary/aromatic N) is 3. The maximum absolute atomic E-state index is 13.3. The number of rotatable bonds is 2. The lowest BCUT2D eigenvalue weighted by Crippen LogP contribution is -2.39. The Labute approximate surface area is 164 Å². The van der Waals surface area contributed by atoms with Crippen LogP contribution in [-0.2, 0) is 13.0 Å². The van der Waals surface area contributed by atoms with Gasteiger partial charge in [-0.05, 0) is 44.4 Å². The summed E-state index contributed by atoms with van der Waals surface area (Å²) in [5.41, 5.74) is 4.18. The number of aromatic nitrogens is 2. The first kappa shape index (κ1) is 17.4. The van der Waals surface area contributed by atoms with Crippen molar-refractivity contribution in [3.8, 4) is 0 Å². The van der Waals surface area contributed by atoms with Crippen LogP contribution in [0, 0.1) is 6.92 Å². The third-order valence-electron chi connectivity index (χ3n) is 5.77. The molecule has 1 amide bonds. The van der Waals surface area contributed by atoms with E-state index in [2.05, 4.69) is 10.3 Å². The second-order valence-corrected chi connectivity index (χ2v) is 7.79. The van der Waals surface area contributed by atoms with Crippen LogP contribution in [0.25, 0.3) is 11.0 Å². The molecule has 0 saturated carbocycles. The smallest absolute Gasteiger partial charge is 0.290 e. The van der Waals surface area contributed by atoms with Gasteiger partial charge in [0.2, 0.25) is 0 Å². The van der Waals surface area contributed by atoms with Crippen molar-refractivity contribution < 1.29 is 9.21 Å². The minimum atomic E-state index is -0.0867. The van der Waals surface area contributed by atoms with Crippen LogP contribution < -0.4 is 5.32 Å². The van der Waals surface area contributed by atoms with Crippen LogP contribution in [-0.4, -0.2) is 33.9 Å². The molecule has 3 aromatic rings. The number of nitrogens with one attached hydrogen (secondary N) is 1. The molecule has 6 heteroatoms. The van der Waals surface area contributed by atoms with E-state index in [1.54, 1.807) is 0 Å². The van der Waals surface area contributed by atoms with Crippen LogP contribution in [0.3, 0.4) is 0 Å². The SMILES string of the molecule is Cc1ccc2oc(C(=O)N3CCCCC3c3ncc4c(n3)CCNC4)cc2c1. The van der Waals surface area contributed by atoms with Crippen molar-refractivity contribution in [1.82, 2.24) is 20.2 Å². The monoisotopic (exact) mass is 376 g/mol. The Bertz CT molecular complexity index is 1040. The summed E-state index contributed by atoms with van der Waals surface area (Å²) in [6.45, 7) is 4.51. The second kappa shape index (κ2) is 7.02. The predicted molar refractivity (Wildman–Crippen MR) is 106 cm³/mol. The second-order valence-electron chi connectivity index (χ2n) is 7.79. The highest BCUT2D eigenvalue weighted by atomic mass is 16.3.